The molecule has 180 valence electrons. The highest BCUT2D eigenvalue weighted by Gasteiger charge is 2.29. The highest BCUT2D eigenvalue weighted by molar-refractivity contribution is 6.45. The average Bonchev–Trinajstić information content (AvgIpc) is 3.20. The third kappa shape index (κ3) is 5.44. The van der Waals surface area contributed by atoms with E-state index in [4.69, 9.17) is 4.84 Å². The molecule has 2 aromatic rings. The number of benzene rings is 2. The highest BCUT2D eigenvalue weighted by Crippen LogP contribution is 2.18. The molecule has 0 atom stereocenters. The first kappa shape index (κ1) is 23.8. The lowest BCUT2D eigenvalue weighted by Crippen LogP contribution is -2.50. The predicted molar refractivity (Wildman–Crippen MR) is 129 cm³/mol. The van der Waals surface area contributed by atoms with Gasteiger partial charge in [0, 0.05) is 56.1 Å². The average molecular weight is 476 g/mol. The molecule has 2 aliphatic heterocycles. The minimum atomic E-state index is -0.681. The highest BCUT2D eigenvalue weighted by atomic mass is 16.7. The molecule has 2 saturated heterocycles. The van der Waals surface area contributed by atoms with E-state index < -0.39 is 17.8 Å². The van der Waals surface area contributed by atoms with Gasteiger partial charge in [0.2, 0.25) is 0 Å². The van der Waals surface area contributed by atoms with Gasteiger partial charge < -0.3 is 14.6 Å². The van der Waals surface area contributed by atoms with E-state index in [1.165, 1.54) is 18.0 Å². The molecule has 35 heavy (non-hydrogen) atoms. The zero-order chi connectivity index (χ0) is 24.9. The molecule has 0 aliphatic carbocycles. The maximum absolute atomic E-state index is 13.4. The van der Waals surface area contributed by atoms with E-state index in [1.807, 2.05) is 12.1 Å². The number of hydrogen-bond acceptors (Lipinski definition) is 8. The number of carbonyl (C=O) groups excluding carboxylic acids is 4. The molecule has 0 aromatic heterocycles. The van der Waals surface area contributed by atoms with Crippen molar-refractivity contribution in [2.24, 2.45) is 4.99 Å². The molecule has 10 nitrogen and oxygen atoms in total. The molecule has 2 aromatic carbocycles. The van der Waals surface area contributed by atoms with E-state index in [-0.39, 0.29) is 17.2 Å². The van der Waals surface area contributed by atoms with Gasteiger partial charge in [-0.15, -0.1) is 0 Å². The van der Waals surface area contributed by atoms with Gasteiger partial charge in [0.05, 0.1) is 0 Å². The van der Waals surface area contributed by atoms with E-state index in [2.05, 4.69) is 15.5 Å². The van der Waals surface area contributed by atoms with Crippen LogP contribution in [0.3, 0.4) is 0 Å². The quantitative estimate of drug-likeness (QED) is 0.395. The lowest BCUT2D eigenvalue weighted by Gasteiger charge is -2.36. The summed E-state index contributed by atoms with van der Waals surface area (Å²) >= 11 is 0. The van der Waals surface area contributed by atoms with Crippen LogP contribution >= 0.6 is 0 Å². The summed E-state index contributed by atoms with van der Waals surface area (Å²) in [6, 6.07) is 15.7. The largest absolute Gasteiger partial charge is 0.376 e. The summed E-state index contributed by atoms with van der Waals surface area (Å²) in [7, 11) is 1.55. The molecule has 0 unspecified atom stereocenters. The first-order valence-corrected chi connectivity index (χ1v) is 11.1. The van der Waals surface area contributed by atoms with Gasteiger partial charge in [-0.2, -0.15) is 0 Å². The van der Waals surface area contributed by atoms with Crippen molar-refractivity contribution < 1.29 is 24.0 Å². The Hall–Kier alpha value is -4.31. The van der Waals surface area contributed by atoms with Crippen LogP contribution in [0.4, 0.5) is 5.69 Å². The van der Waals surface area contributed by atoms with Crippen LogP contribution in [0, 0.1) is 0 Å². The fraction of sp³-hybridized carbons (Fsp3) is 0.240. The number of nitrogens with one attached hydrogen (secondary N) is 1. The Balaban J connectivity index is 1.53. The topological polar surface area (TPSA) is 112 Å². The normalized spacial score (nSPS) is 17.5. The second-order valence-corrected chi connectivity index (χ2v) is 8.12. The molecule has 0 saturated carbocycles. The number of carbonyl (C=O) groups is 4. The standard InChI is InChI=1S/C25H25N5O5/c1-17(31)18-8-10-20(11-9-18)29-12-14-30(15-13-29)24(33)21(16-22-25(34)35-27-28(22)2)26-23(32)19-6-4-3-5-7-19/h3-11,16,27H,12-15H2,1-2H3/b22-16+,26-21?. The van der Waals surface area contributed by atoms with Crippen LogP contribution < -0.4 is 10.5 Å². The number of piperazine rings is 1. The third-order valence-corrected chi connectivity index (χ3v) is 5.79. The molecular formula is C25H25N5O5. The van der Waals surface area contributed by atoms with E-state index >= 15 is 0 Å². The summed E-state index contributed by atoms with van der Waals surface area (Å²) in [4.78, 5) is 62.2. The van der Waals surface area contributed by atoms with Crippen molar-refractivity contribution in [3.8, 4) is 0 Å². The van der Waals surface area contributed by atoms with Gasteiger partial charge in [-0.3, -0.25) is 19.4 Å². The predicted octanol–water partition coefficient (Wildman–Crippen LogP) is 1.61. The Labute approximate surface area is 202 Å². The molecule has 2 fully saturated rings. The van der Waals surface area contributed by atoms with Crippen molar-refractivity contribution in [2.75, 3.05) is 38.1 Å². The van der Waals surface area contributed by atoms with Gasteiger partial charge in [-0.05, 0) is 43.3 Å². The second kappa shape index (κ2) is 10.3. The number of Topliss-reactive ketones (excluding diaryl/α,β-unsaturated/α-hetero) is 1. The fourth-order valence-electron chi connectivity index (χ4n) is 3.77. The second-order valence-electron chi connectivity index (χ2n) is 8.12. The SMILES string of the molecule is CC(=O)c1ccc(N2CCN(C(=O)C(/C=C3\C(=O)ONN3C)=NC(=O)c3ccccc3)CC2)cc1. The minimum Gasteiger partial charge on any atom is -0.368 e. The molecule has 4 rings (SSSR count). The number of anilines is 1. The number of hydrazine groups is 1. The number of hydrogen-bond donors (Lipinski definition) is 1. The van der Waals surface area contributed by atoms with E-state index in [0.717, 1.165) is 5.69 Å². The first-order chi connectivity index (χ1) is 16.8. The van der Waals surface area contributed by atoms with Crippen LogP contribution in [-0.4, -0.2) is 72.4 Å². The maximum atomic E-state index is 13.4. The van der Waals surface area contributed by atoms with E-state index in [0.29, 0.717) is 37.3 Å². The Morgan fingerprint density at radius 1 is 0.943 bits per heavy atom. The summed E-state index contributed by atoms with van der Waals surface area (Å²) in [5.41, 5.74) is 4.22. The van der Waals surface area contributed by atoms with Gasteiger partial charge in [0.1, 0.15) is 11.4 Å². The number of likely N-dealkylation sites (N-methyl/N-ethyl adjacent to an activating group) is 1. The Bertz CT molecular complexity index is 1200. The zero-order valence-electron chi connectivity index (χ0n) is 19.4. The Morgan fingerprint density at radius 2 is 1.60 bits per heavy atom. The molecule has 0 spiro atoms. The molecule has 2 aliphatic rings. The van der Waals surface area contributed by atoms with Crippen LogP contribution in [0.5, 0.6) is 0 Å². The van der Waals surface area contributed by atoms with E-state index in [9.17, 15) is 19.2 Å². The van der Waals surface area contributed by atoms with Crippen LogP contribution in [0.15, 0.2) is 71.4 Å². The number of ketones is 1. The maximum Gasteiger partial charge on any atom is 0.376 e. The monoisotopic (exact) mass is 475 g/mol. The van der Waals surface area contributed by atoms with Crippen LogP contribution in [-0.2, 0) is 14.4 Å². The summed E-state index contributed by atoms with van der Waals surface area (Å²) in [6.07, 6.45) is 1.26. The van der Waals surface area contributed by atoms with Crippen LogP contribution in [0.25, 0.3) is 0 Å². The van der Waals surface area contributed by atoms with Crippen molar-refractivity contribution in [3.63, 3.8) is 0 Å². The molecule has 2 heterocycles. The summed E-state index contributed by atoms with van der Waals surface area (Å²) in [5, 5.41) is 1.31. The van der Waals surface area contributed by atoms with Gasteiger partial charge in [-0.25, -0.2) is 9.79 Å². The van der Waals surface area contributed by atoms with Gasteiger partial charge in [0.25, 0.3) is 11.8 Å². The van der Waals surface area contributed by atoms with Crippen molar-refractivity contribution in [2.45, 2.75) is 6.92 Å². The Kier molecular flexibility index (Phi) is 7.02. The molecular weight excluding hydrogens is 450 g/mol. The number of amides is 2. The number of aliphatic imine (C=N–C) groups is 1. The lowest BCUT2D eigenvalue weighted by molar-refractivity contribution is -0.142. The number of nitrogens with zero attached hydrogens (tertiary/aromatic N) is 4. The van der Waals surface area contributed by atoms with Gasteiger partial charge in [0.15, 0.2) is 5.78 Å². The van der Waals surface area contributed by atoms with Crippen molar-refractivity contribution in [1.29, 1.82) is 0 Å². The van der Waals surface area contributed by atoms with Gasteiger partial charge in [-0.1, -0.05) is 23.8 Å². The summed E-state index contributed by atoms with van der Waals surface area (Å²) in [5.74, 6) is -1.72. The summed E-state index contributed by atoms with van der Waals surface area (Å²) in [6.45, 7) is 3.44. The van der Waals surface area contributed by atoms with Crippen molar-refractivity contribution >= 4 is 35.0 Å². The molecule has 0 radical (unpaired) electrons. The number of rotatable bonds is 5. The van der Waals surface area contributed by atoms with Crippen LogP contribution in [0.2, 0.25) is 0 Å². The first-order valence-electron chi connectivity index (χ1n) is 11.1. The third-order valence-electron chi connectivity index (χ3n) is 5.79. The van der Waals surface area contributed by atoms with Gasteiger partial charge >= 0.3 is 5.97 Å². The van der Waals surface area contributed by atoms with E-state index in [1.54, 1.807) is 54.4 Å². The zero-order valence-corrected chi connectivity index (χ0v) is 19.4. The van der Waals surface area contributed by atoms with Crippen molar-refractivity contribution in [1.82, 2.24) is 15.5 Å². The Morgan fingerprint density at radius 3 is 2.17 bits per heavy atom. The minimum absolute atomic E-state index is 0.00458. The summed E-state index contributed by atoms with van der Waals surface area (Å²) < 4.78 is 0. The molecule has 2 amide bonds. The van der Waals surface area contributed by atoms with Crippen LogP contribution in [0.1, 0.15) is 27.6 Å². The molecule has 10 heteroatoms. The fourth-order valence-corrected chi connectivity index (χ4v) is 3.77. The smallest absolute Gasteiger partial charge is 0.368 e. The van der Waals surface area contributed by atoms with Crippen molar-refractivity contribution in [3.05, 3.63) is 77.5 Å². The lowest BCUT2D eigenvalue weighted by atomic mass is 10.1. The molecule has 0 bridgehead atoms. The molecule has 1 N–H and O–H groups in total.